The number of aromatic amines is 1. The highest BCUT2D eigenvalue weighted by molar-refractivity contribution is 5.78. The molecule has 1 aromatic carbocycles. The Morgan fingerprint density at radius 2 is 2.35 bits per heavy atom. The van der Waals surface area contributed by atoms with E-state index < -0.39 is 0 Å². The van der Waals surface area contributed by atoms with E-state index in [1.165, 1.54) is 0 Å². The summed E-state index contributed by atoms with van der Waals surface area (Å²) in [5.74, 6) is 0.799. The number of carbonyl (C=O) groups excluding carboxylic acids is 1. The second-order valence-corrected chi connectivity index (χ2v) is 4.16. The lowest BCUT2D eigenvalue weighted by molar-refractivity contribution is -0.123. The molecule has 1 aromatic heterocycles. The minimum atomic E-state index is -0.276. The summed E-state index contributed by atoms with van der Waals surface area (Å²) in [6, 6.07) is 8.56. The van der Waals surface area contributed by atoms with Crippen LogP contribution in [0.3, 0.4) is 0 Å². The molecule has 0 aliphatic carbocycles. The summed E-state index contributed by atoms with van der Waals surface area (Å²) in [6.07, 6.45) is 3.31. The SMILES string of the molecule is CC(NC(=O)COc1ccccc1C#N)c1ncc[nH]1. The number of benzene rings is 1. The number of H-pyrrole nitrogens is 1. The molecule has 1 atom stereocenters. The van der Waals surface area contributed by atoms with Gasteiger partial charge in [0.05, 0.1) is 11.6 Å². The smallest absolute Gasteiger partial charge is 0.258 e. The zero-order valence-corrected chi connectivity index (χ0v) is 11.0. The van der Waals surface area contributed by atoms with E-state index in [0.717, 1.165) is 0 Å². The summed E-state index contributed by atoms with van der Waals surface area (Å²) >= 11 is 0. The molecule has 20 heavy (non-hydrogen) atoms. The number of nitrogens with one attached hydrogen (secondary N) is 2. The van der Waals surface area contributed by atoms with Gasteiger partial charge in [-0.05, 0) is 19.1 Å². The second kappa shape index (κ2) is 6.38. The van der Waals surface area contributed by atoms with Crippen LogP contribution in [0.4, 0.5) is 0 Å². The van der Waals surface area contributed by atoms with Gasteiger partial charge in [0.2, 0.25) is 0 Å². The monoisotopic (exact) mass is 270 g/mol. The Kier molecular flexibility index (Phi) is 4.35. The van der Waals surface area contributed by atoms with Gasteiger partial charge in [0.1, 0.15) is 17.6 Å². The van der Waals surface area contributed by atoms with Gasteiger partial charge in [-0.2, -0.15) is 5.26 Å². The largest absolute Gasteiger partial charge is 0.482 e. The van der Waals surface area contributed by atoms with Crippen LogP contribution in [0.2, 0.25) is 0 Å². The van der Waals surface area contributed by atoms with E-state index in [2.05, 4.69) is 15.3 Å². The molecule has 1 amide bonds. The van der Waals surface area contributed by atoms with Gasteiger partial charge < -0.3 is 15.0 Å². The van der Waals surface area contributed by atoms with Gasteiger partial charge in [-0.1, -0.05) is 12.1 Å². The van der Waals surface area contributed by atoms with Crippen LogP contribution >= 0.6 is 0 Å². The molecule has 6 heteroatoms. The normalized spacial score (nSPS) is 11.4. The van der Waals surface area contributed by atoms with Crippen molar-refractivity contribution in [3.05, 3.63) is 48.0 Å². The lowest BCUT2D eigenvalue weighted by atomic mass is 10.2. The molecule has 1 heterocycles. The lowest BCUT2D eigenvalue weighted by Crippen LogP contribution is -2.31. The number of para-hydroxylation sites is 1. The average molecular weight is 270 g/mol. The van der Waals surface area contributed by atoms with Gasteiger partial charge in [0, 0.05) is 12.4 Å². The molecule has 0 saturated carbocycles. The fraction of sp³-hybridized carbons (Fsp3) is 0.214. The van der Waals surface area contributed by atoms with Crippen LogP contribution in [0.1, 0.15) is 24.4 Å². The molecule has 2 rings (SSSR count). The van der Waals surface area contributed by atoms with Crippen molar-refractivity contribution in [3.63, 3.8) is 0 Å². The molecule has 0 radical (unpaired) electrons. The highest BCUT2D eigenvalue weighted by Crippen LogP contribution is 2.16. The van der Waals surface area contributed by atoms with Crippen molar-refractivity contribution in [1.82, 2.24) is 15.3 Å². The summed E-state index contributed by atoms with van der Waals surface area (Å²) < 4.78 is 5.34. The average Bonchev–Trinajstić information content (AvgIpc) is 2.99. The third-order valence-electron chi connectivity index (χ3n) is 2.67. The molecule has 102 valence electrons. The fourth-order valence-electron chi connectivity index (χ4n) is 1.69. The van der Waals surface area contributed by atoms with E-state index in [1.54, 1.807) is 36.7 Å². The van der Waals surface area contributed by atoms with Crippen LogP contribution in [0.25, 0.3) is 0 Å². The number of hydrogen-bond donors (Lipinski definition) is 2. The number of nitriles is 1. The van der Waals surface area contributed by atoms with E-state index in [1.807, 2.05) is 13.0 Å². The maximum absolute atomic E-state index is 11.8. The highest BCUT2D eigenvalue weighted by atomic mass is 16.5. The standard InChI is InChI=1S/C14H14N4O2/c1-10(14-16-6-7-17-14)18-13(19)9-20-12-5-3-2-4-11(12)8-15/h2-7,10H,9H2,1H3,(H,16,17)(H,18,19). The Bertz CT molecular complexity index is 616. The first-order valence-corrected chi connectivity index (χ1v) is 6.11. The molecule has 0 aliphatic rings. The zero-order chi connectivity index (χ0) is 14.4. The van der Waals surface area contributed by atoms with E-state index in [0.29, 0.717) is 17.1 Å². The maximum Gasteiger partial charge on any atom is 0.258 e. The van der Waals surface area contributed by atoms with E-state index in [9.17, 15) is 4.79 Å². The predicted molar refractivity (Wildman–Crippen MR) is 71.8 cm³/mol. The Balaban J connectivity index is 1.88. The van der Waals surface area contributed by atoms with Gasteiger partial charge >= 0.3 is 0 Å². The van der Waals surface area contributed by atoms with Crippen LogP contribution < -0.4 is 10.1 Å². The van der Waals surface area contributed by atoms with Gasteiger partial charge in [0.15, 0.2) is 6.61 Å². The van der Waals surface area contributed by atoms with Crippen molar-refractivity contribution < 1.29 is 9.53 Å². The Labute approximate surface area is 116 Å². The first-order valence-electron chi connectivity index (χ1n) is 6.11. The summed E-state index contributed by atoms with van der Waals surface area (Å²) in [7, 11) is 0. The third-order valence-corrected chi connectivity index (χ3v) is 2.67. The van der Waals surface area contributed by atoms with E-state index in [-0.39, 0.29) is 18.6 Å². The molecule has 2 N–H and O–H groups in total. The Morgan fingerprint density at radius 3 is 3.05 bits per heavy atom. The Hall–Kier alpha value is -2.81. The molecule has 0 fully saturated rings. The zero-order valence-electron chi connectivity index (χ0n) is 11.0. The van der Waals surface area contributed by atoms with Gasteiger partial charge in [0.25, 0.3) is 5.91 Å². The lowest BCUT2D eigenvalue weighted by Gasteiger charge is -2.12. The van der Waals surface area contributed by atoms with Crippen molar-refractivity contribution in [2.75, 3.05) is 6.61 Å². The van der Waals surface area contributed by atoms with Gasteiger partial charge in [-0.25, -0.2) is 4.98 Å². The molecule has 0 bridgehead atoms. The number of rotatable bonds is 5. The number of ether oxygens (including phenoxy) is 1. The van der Waals surface area contributed by atoms with Crippen molar-refractivity contribution >= 4 is 5.91 Å². The van der Waals surface area contributed by atoms with Crippen LogP contribution in [0.15, 0.2) is 36.7 Å². The molecule has 0 aliphatic heterocycles. The maximum atomic E-state index is 11.8. The molecular weight excluding hydrogens is 256 g/mol. The third kappa shape index (κ3) is 3.36. The predicted octanol–water partition coefficient (Wildman–Crippen LogP) is 1.54. The minimum absolute atomic E-state index is 0.149. The highest BCUT2D eigenvalue weighted by Gasteiger charge is 2.12. The first-order chi connectivity index (χ1) is 9.70. The molecule has 6 nitrogen and oxygen atoms in total. The van der Waals surface area contributed by atoms with E-state index in [4.69, 9.17) is 10.00 Å². The number of imidazole rings is 1. The number of hydrogen-bond acceptors (Lipinski definition) is 4. The van der Waals surface area contributed by atoms with Crippen molar-refractivity contribution in [2.45, 2.75) is 13.0 Å². The molecule has 1 unspecified atom stereocenters. The van der Waals surface area contributed by atoms with Crippen molar-refractivity contribution in [1.29, 1.82) is 5.26 Å². The van der Waals surface area contributed by atoms with Crippen LogP contribution in [0.5, 0.6) is 5.75 Å². The van der Waals surface area contributed by atoms with Gasteiger partial charge in [-0.15, -0.1) is 0 Å². The minimum Gasteiger partial charge on any atom is -0.482 e. The second-order valence-electron chi connectivity index (χ2n) is 4.16. The number of amides is 1. The van der Waals surface area contributed by atoms with Crippen LogP contribution in [-0.2, 0) is 4.79 Å². The number of carbonyl (C=O) groups is 1. The number of aromatic nitrogens is 2. The summed E-state index contributed by atoms with van der Waals surface area (Å²) in [5.41, 5.74) is 0.402. The topological polar surface area (TPSA) is 90.8 Å². The van der Waals surface area contributed by atoms with Gasteiger partial charge in [-0.3, -0.25) is 4.79 Å². The Morgan fingerprint density at radius 1 is 1.55 bits per heavy atom. The molecular formula is C14H14N4O2. The molecule has 0 spiro atoms. The van der Waals surface area contributed by atoms with Crippen molar-refractivity contribution in [2.24, 2.45) is 0 Å². The summed E-state index contributed by atoms with van der Waals surface area (Å²) in [6.45, 7) is 1.67. The molecule has 2 aromatic rings. The summed E-state index contributed by atoms with van der Waals surface area (Å²) in [4.78, 5) is 18.7. The summed E-state index contributed by atoms with van der Waals surface area (Å²) in [5, 5.41) is 11.7. The quantitative estimate of drug-likeness (QED) is 0.862. The van der Waals surface area contributed by atoms with Crippen LogP contribution in [-0.4, -0.2) is 22.5 Å². The van der Waals surface area contributed by atoms with Crippen LogP contribution in [0, 0.1) is 11.3 Å². The number of nitrogens with zero attached hydrogens (tertiary/aromatic N) is 2. The van der Waals surface area contributed by atoms with E-state index >= 15 is 0 Å². The first kappa shape index (κ1) is 13.6. The van der Waals surface area contributed by atoms with Crippen molar-refractivity contribution in [3.8, 4) is 11.8 Å². The molecule has 0 saturated heterocycles. The fourth-order valence-corrected chi connectivity index (χ4v) is 1.69.